The summed E-state index contributed by atoms with van der Waals surface area (Å²) in [6.07, 6.45) is 17.8. The molecule has 0 aliphatic heterocycles. The van der Waals surface area contributed by atoms with Gasteiger partial charge in [-0.2, -0.15) is 0 Å². The quantitative estimate of drug-likeness (QED) is 0.0854. The average Bonchev–Trinajstić information content (AvgIpc) is 2.79. The standard InChI is InChI=1S/C28H58NO3/c1-6-29(7-2,8-3)23-24-31-25-26-32-28(30)22-20-18-16-14-12-10-9-11-13-15-17-19-21-27(4)5/h27H,6-26H2,1-5H3/q+1. The van der Waals surface area contributed by atoms with Crippen LogP contribution < -0.4 is 0 Å². The molecule has 0 atom stereocenters. The van der Waals surface area contributed by atoms with Gasteiger partial charge in [0.25, 0.3) is 0 Å². The smallest absolute Gasteiger partial charge is 0.305 e. The molecule has 0 aliphatic carbocycles. The third-order valence-corrected chi connectivity index (χ3v) is 7.13. The van der Waals surface area contributed by atoms with Crippen LogP contribution in [0, 0.1) is 5.92 Å². The average molecular weight is 457 g/mol. The van der Waals surface area contributed by atoms with Crippen molar-refractivity contribution in [2.45, 2.75) is 125 Å². The fourth-order valence-electron chi connectivity index (χ4n) is 4.38. The summed E-state index contributed by atoms with van der Waals surface area (Å²) in [6, 6.07) is 0. The van der Waals surface area contributed by atoms with Gasteiger partial charge in [-0.1, -0.05) is 90.9 Å². The summed E-state index contributed by atoms with van der Waals surface area (Å²) in [7, 11) is 0. The van der Waals surface area contributed by atoms with Crippen LogP contribution in [0.2, 0.25) is 0 Å². The molecule has 0 aromatic heterocycles. The summed E-state index contributed by atoms with van der Waals surface area (Å²) < 4.78 is 12.1. The molecule has 0 unspecified atom stereocenters. The topological polar surface area (TPSA) is 35.5 Å². The van der Waals surface area contributed by atoms with Gasteiger partial charge in [0.1, 0.15) is 13.2 Å². The third kappa shape index (κ3) is 18.9. The fraction of sp³-hybridized carbons (Fsp3) is 0.964. The van der Waals surface area contributed by atoms with Crippen molar-refractivity contribution in [3.63, 3.8) is 0 Å². The van der Waals surface area contributed by atoms with Crippen LogP contribution in [-0.2, 0) is 14.3 Å². The molecule has 0 bridgehead atoms. The molecule has 192 valence electrons. The zero-order chi connectivity index (χ0) is 23.9. The lowest BCUT2D eigenvalue weighted by Crippen LogP contribution is -2.49. The highest BCUT2D eigenvalue weighted by Gasteiger charge is 2.19. The van der Waals surface area contributed by atoms with Crippen molar-refractivity contribution in [3.05, 3.63) is 0 Å². The molecular weight excluding hydrogens is 398 g/mol. The number of carbonyl (C=O) groups excluding carboxylic acids is 1. The lowest BCUT2D eigenvalue weighted by molar-refractivity contribution is -0.923. The van der Waals surface area contributed by atoms with E-state index in [1.807, 2.05) is 0 Å². The van der Waals surface area contributed by atoms with E-state index in [1.165, 1.54) is 70.6 Å². The monoisotopic (exact) mass is 456 g/mol. The molecule has 4 nitrogen and oxygen atoms in total. The minimum Gasteiger partial charge on any atom is -0.463 e. The highest BCUT2D eigenvalue weighted by atomic mass is 16.6. The van der Waals surface area contributed by atoms with Crippen LogP contribution in [0.5, 0.6) is 0 Å². The maximum atomic E-state index is 11.8. The maximum absolute atomic E-state index is 11.8. The lowest BCUT2D eigenvalue weighted by atomic mass is 10.0. The summed E-state index contributed by atoms with van der Waals surface area (Å²) in [4.78, 5) is 11.8. The van der Waals surface area contributed by atoms with Crippen LogP contribution in [-0.4, -0.2) is 56.5 Å². The molecular formula is C28H58NO3+. The van der Waals surface area contributed by atoms with E-state index in [9.17, 15) is 4.79 Å². The lowest BCUT2D eigenvalue weighted by Gasteiger charge is -2.35. The number of hydrogen-bond acceptors (Lipinski definition) is 3. The number of nitrogens with zero attached hydrogens (tertiary/aromatic N) is 1. The van der Waals surface area contributed by atoms with E-state index in [0.717, 1.165) is 56.0 Å². The van der Waals surface area contributed by atoms with E-state index in [2.05, 4.69) is 34.6 Å². The van der Waals surface area contributed by atoms with E-state index >= 15 is 0 Å². The van der Waals surface area contributed by atoms with Gasteiger partial charge in [-0.15, -0.1) is 0 Å². The Morgan fingerprint density at radius 2 is 1.12 bits per heavy atom. The predicted octanol–water partition coefficient (Wildman–Crippen LogP) is 7.54. The third-order valence-electron chi connectivity index (χ3n) is 7.13. The van der Waals surface area contributed by atoms with Gasteiger partial charge in [0.15, 0.2) is 0 Å². The number of hydrogen-bond donors (Lipinski definition) is 0. The minimum absolute atomic E-state index is 0.0669. The van der Waals surface area contributed by atoms with Crippen molar-refractivity contribution in [3.8, 4) is 0 Å². The molecule has 0 spiro atoms. The summed E-state index contributed by atoms with van der Waals surface area (Å²) in [5, 5.41) is 0. The molecule has 32 heavy (non-hydrogen) atoms. The summed E-state index contributed by atoms with van der Waals surface area (Å²) in [5.74, 6) is 0.796. The van der Waals surface area contributed by atoms with E-state index in [-0.39, 0.29) is 5.97 Å². The van der Waals surface area contributed by atoms with Crippen molar-refractivity contribution in [1.29, 1.82) is 0 Å². The van der Waals surface area contributed by atoms with Gasteiger partial charge in [-0.05, 0) is 33.1 Å². The van der Waals surface area contributed by atoms with Gasteiger partial charge < -0.3 is 14.0 Å². The molecule has 0 aromatic rings. The van der Waals surface area contributed by atoms with Crippen LogP contribution in [0.25, 0.3) is 0 Å². The Bertz CT molecular complexity index is 399. The second-order valence-corrected chi connectivity index (χ2v) is 10.0. The van der Waals surface area contributed by atoms with Crippen molar-refractivity contribution in [1.82, 2.24) is 0 Å². The first-order valence-corrected chi connectivity index (χ1v) is 14.1. The van der Waals surface area contributed by atoms with Gasteiger partial charge in [0.05, 0.1) is 32.8 Å². The van der Waals surface area contributed by atoms with Gasteiger partial charge in [0, 0.05) is 6.42 Å². The second kappa shape index (κ2) is 22.2. The fourth-order valence-corrected chi connectivity index (χ4v) is 4.38. The number of ether oxygens (including phenoxy) is 2. The Morgan fingerprint density at radius 3 is 1.59 bits per heavy atom. The van der Waals surface area contributed by atoms with Crippen molar-refractivity contribution >= 4 is 5.97 Å². The Morgan fingerprint density at radius 1 is 0.656 bits per heavy atom. The highest BCUT2D eigenvalue weighted by Crippen LogP contribution is 2.14. The Balaban J connectivity index is 3.33. The van der Waals surface area contributed by atoms with E-state index in [0.29, 0.717) is 19.6 Å². The first-order valence-electron chi connectivity index (χ1n) is 14.1. The number of rotatable bonds is 24. The predicted molar refractivity (Wildman–Crippen MR) is 138 cm³/mol. The molecule has 0 saturated heterocycles. The first-order chi connectivity index (χ1) is 15.5. The van der Waals surface area contributed by atoms with Crippen LogP contribution in [0.15, 0.2) is 0 Å². The Kier molecular flexibility index (Phi) is 21.8. The number of likely N-dealkylation sites (N-methyl/N-ethyl adjacent to an activating group) is 1. The van der Waals surface area contributed by atoms with E-state index in [4.69, 9.17) is 9.47 Å². The van der Waals surface area contributed by atoms with Crippen LogP contribution in [0.1, 0.15) is 125 Å². The molecule has 0 rings (SSSR count). The maximum Gasteiger partial charge on any atom is 0.305 e. The number of unbranched alkanes of at least 4 members (excludes halogenated alkanes) is 11. The van der Waals surface area contributed by atoms with Crippen LogP contribution >= 0.6 is 0 Å². The summed E-state index contributed by atoms with van der Waals surface area (Å²) in [6.45, 7) is 17.5. The Hall–Kier alpha value is -0.610. The van der Waals surface area contributed by atoms with Crippen molar-refractivity contribution in [2.75, 3.05) is 46.0 Å². The van der Waals surface area contributed by atoms with Crippen LogP contribution in [0.3, 0.4) is 0 Å². The molecule has 0 N–H and O–H groups in total. The van der Waals surface area contributed by atoms with Gasteiger partial charge in [0.2, 0.25) is 0 Å². The van der Waals surface area contributed by atoms with Gasteiger partial charge >= 0.3 is 5.97 Å². The number of esters is 1. The number of carbonyl (C=O) groups is 1. The van der Waals surface area contributed by atoms with E-state index in [1.54, 1.807) is 0 Å². The molecule has 0 aliphatic rings. The van der Waals surface area contributed by atoms with Gasteiger partial charge in [-0.25, -0.2) is 0 Å². The van der Waals surface area contributed by atoms with E-state index < -0.39 is 0 Å². The molecule has 0 amide bonds. The van der Waals surface area contributed by atoms with Crippen LogP contribution in [0.4, 0.5) is 0 Å². The van der Waals surface area contributed by atoms with Crippen molar-refractivity contribution < 1.29 is 18.8 Å². The summed E-state index contributed by atoms with van der Waals surface area (Å²) in [5.41, 5.74) is 0. The highest BCUT2D eigenvalue weighted by molar-refractivity contribution is 5.69. The second-order valence-electron chi connectivity index (χ2n) is 10.0. The first kappa shape index (κ1) is 31.4. The molecule has 0 saturated carbocycles. The Labute approximate surface area is 201 Å². The van der Waals surface area contributed by atoms with Gasteiger partial charge in [-0.3, -0.25) is 4.79 Å². The zero-order valence-corrected chi connectivity index (χ0v) is 22.6. The largest absolute Gasteiger partial charge is 0.463 e. The number of quaternary nitrogens is 1. The molecule has 0 fully saturated rings. The molecule has 0 radical (unpaired) electrons. The zero-order valence-electron chi connectivity index (χ0n) is 22.6. The molecule has 0 aromatic carbocycles. The summed E-state index contributed by atoms with van der Waals surface area (Å²) >= 11 is 0. The minimum atomic E-state index is -0.0669. The SMILES string of the molecule is CC[N+](CC)(CC)CCOCCOC(=O)CCCCCCCCCCCCCCC(C)C. The molecule has 4 heteroatoms. The van der Waals surface area contributed by atoms with Crippen molar-refractivity contribution in [2.24, 2.45) is 5.92 Å². The molecule has 0 heterocycles. The normalized spacial score (nSPS) is 11.9.